The van der Waals surface area contributed by atoms with Gasteiger partial charge >= 0.3 is 5.97 Å². The lowest BCUT2D eigenvalue weighted by atomic mass is 9.99. The molecule has 5 N–H and O–H groups in total. The first-order valence-electron chi connectivity index (χ1n) is 6.76. The van der Waals surface area contributed by atoms with Crippen LogP contribution in [0.1, 0.15) is 12.5 Å². The zero-order valence-corrected chi connectivity index (χ0v) is 11.8. The van der Waals surface area contributed by atoms with Gasteiger partial charge in [-0.05, 0) is 24.1 Å². The summed E-state index contributed by atoms with van der Waals surface area (Å²) >= 11 is 0. The number of carboxylic acid groups (broad SMARTS) is 1. The van der Waals surface area contributed by atoms with Crippen LogP contribution in [0.2, 0.25) is 0 Å². The molecule has 1 heterocycles. The lowest BCUT2D eigenvalue weighted by molar-refractivity contribution is -0.271. The van der Waals surface area contributed by atoms with Crippen LogP contribution in [0.4, 0.5) is 0 Å². The van der Waals surface area contributed by atoms with Gasteiger partial charge < -0.3 is 35.0 Å². The highest BCUT2D eigenvalue weighted by molar-refractivity contribution is 5.73. The van der Waals surface area contributed by atoms with Gasteiger partial charge in [-0.15, -0.1) is 0 Å². The fraction of sp³-hybridized carbons (Fsp3) is 0.500. The molecule has 1 aliphatic heterocycles. The molecule has 5 atom stereocenters. The second-order valence-electron chi connectivity index (χ2n) is 5.01. The van der Waals surface area contributed by atoms with Crippen LogP contribution in [-0.4, -0.2) is 62.2 Å². The highest BCUT2D eigenvalue weighted by atomic mass is 16.7. The van der Waals surface area contributed by atoms with Crippen LogP contribution >= 0.6 is 0 Å². The van der Waals surface area contributed by atoms with E-state index < -0.39 is 36.7 Å². The van der Waals surface area contributed by atoms with Crippen LogP contribution in [0.3, 0.4) is 0 Å². The number of carboxylic acids is 1. The molecule has 1 saturated heterocycles. The molecule has 1 aromatic carbocycles. The number of aliphatic hydroxyl groups excluding tert-OH is 3. The zero-order chi connectivity index (χ0) is 16.4. The number of aryl methyl sites for hydroxylation is 1. The third-order valence-electron chi connectivity index (χ3n) is 3.49. The first-order chi connectivity index (χ1) is 10.3. The van der Waals surface area contributed by atoms with Gasteiger partial charge in [0.05, 0.1) is 0 Å². The number of ether oxygens (including phenoxy) is 2. The minimum Gasteiger partial charge on any atom is -0.504 e. The fourth-order valence-electron chi connectivity index (χ4n) is 2.16. The first kappa shape index (κ1) is 16.5. The summed E-state index contributed by atoms with van der Waals surface area (Å²) in [5.74, 6) is -1.74. The molecule has 8 heteroatoms. The molecule has 0 aromatic heterocycles. The minimum absolute atomic E-state index is 0.0334. The fourth-order valence-corrected chi connectivity index (χ4v) is 2.16. The Labute approximate surface area is 126 Å². The van der Waals surface area contributed by atoms with Gasteiger partial charge in [0.15, 0.2) is 17.6 Å². The van der Waals surface area contributed by atoms with Crippen molar-refractivity contribution < 1.29 is 39.8 Å². The molecule has 22 heavy (non-hydrogen) atoms. The normalized spacial score (nSPS) is 31.7. The second kappa shape index (κ2) is 6.49. The minimum atomic E-state index is -1.79. The number of hydrogen-bond acceptors (Lipinski definition) is 7. The maximum Gasteiger partial charge on any atom is 0.335 e. The highest BCUT2D eigenvalue weighted by Gasteiger charge is 2.48. The summed E-state index contributed by atoms with van der Waals surface area (Å²) in [5, 5.41) is 47.8. The summed E-state index contributed by atoms with van der Waals surface area (Å²) < 4.78 is 10.2. The molecule has 1 fully saturated rings. The molecule has 0 saturated carbocycles. The summed E-state index contributed by atoms with van der Waals surface area (Å²) in [7, 11) is 0. The van der Waals surface area contributed by atoms with Crippen molar-refractivity contribution in [2.45, 2.75) is 44.1 Å². The molecular formula is C14H18O8. The Morgan fingerprint density at radius 3 is 2.45 bits per heavy atom. The lowest BCUT2D eigenvalue weighted by Gasteiger charge is -2.38. The van der Waals surface area contributed by atoms with Crippen LogP contribution in [0.25, 0.3) is 0 Å². The smallest absolute Gasteiger partial charge is 0.335 e. The van der Waals surface area contributed by atoms with Gasteiger partial charge in [-0.3, -0.25) is 0 Å². The number of aromatic hydroxyl groups is 1. The Morgan fingerprint density at radius 1 is 1.23 bits per heavy atom. The molecule has 1 aromatic rings. The monoisotopic (exact) mass is 314 g/mol. The van der Waals surface area contributed by atoms with E-state index in [9.17, 15) is 25.2 Å². The van der Waals surface area contributed by atoms with E-state index in [1.807, 2.05) is 6.92 Å². The standard InChI is InChI=1S/C14H18O8/c1-2-6-3-4-8(7(15)5-6)21-14-11(18)9(16)10(17)12(22-14)13(19)20/h3-5,9-12,14-18H,2H2,1H3,(H,19,20). The summed E-state index contributed by atoms with van der Waals surface area (Å²) in [4.78, 5) is 11.0. The van der Waals surface area contributed by atoms with Crippen LogP contribution in [0, 0.1) is 0 Å². The number of aliphatic carboxylic acids is 1. The molecule has 1 aliphatic rings. The number of aliphatic hydroxyl groups is 3. The maximum absolute atomic E-state index is 11.0. The Morgan fingerprint density at radius 2 is 1.91 bits per heavy atom. The Bertz CT molecular complexity index is 546. The average Bonchev–Trinajstić information content (AvgIpc) is 2.49. The van der Waals surface area contributed by atoms with Gasteiger partial charge in [-0.2, -0.15) is 0 Å². The van der Waals surface area contributed by atoms with Crippen molar-refractivity contribution in [3.8, 4) is 11.5 Å². The summed E-state index contributed by atoms with van der Waals surface area (Å²) in [6.07, 6.45) is -7.81. The predicted octanol–water partition coefficient (Wildman–Crippen LogP) is -0.774. The van der Waals surface area contributed by atoms with Crippen molar-refractivity contribution in [1.29, 1.82) is 0 Å². The van der Waals surface area contributed by atoms with Crippen molar-refractivity contribution in [3.63, 3.8) is 0 Å². The van der Waals surface area contributed by atoms with E-state index in [0.29, 0.717) is 6.42 Å². The van der Waals surface area contributed by atoms with E-state index in [1.165, 1.54) is 12.1 Å². The van der Waals surface area contributed by atoms with Gasteiger partial charge in [0.25, 0.3) is 0 Å². The number of carbonyl (C=O) groups is 1. The summed E-state index contributed by atoms with van der Waals surface area (Å²) in [6, 6.07) is 4.59. The van der Waals surface area contributed by atoms with Crippen LogP contribution in [0.5, 0.6) is 11.5 Å². The molecule has 0 aliphatic carbocycles. The molecular weight excluding hydrogens is 296 g/mol. The van der Waals surface area contributed by atoms with Crippen molar-refractivity contribution in [2.75, 3.05) is 0 Å². The van der Waals surface area contributed by atoms with Gasteiger partial charge in [0, 0.05) is 0 Å². The van der Waals surface area contributed by atoms with E-state index in [-0.39, 0.29) is 11.5 Å². The number of hydrogen-bond donors (Lipinski definition) is 5. The highest BCUT2D eigenvalue weighted by Crippen LogP contribution is 2.31. The van der Waals surface area contributed by atoms with E-state index in [0.717, 1.165) is 5.56 Å². The van der Waals surface area contributed by atoms with Crippen molar-refractivity contribution in [2.24, 2.45) is 0 Å². The maximum atomic E-state index is 11.0. The Hall–Kier alpha value is -1.87. The molecule has 0 amide bonds. The topological polar surface area (TPSA) is 137 Å². The van der Waals surface area contributed by atoms with E-state index in [2.05, 4.69) is 0 Å². The zero-order valence-electron chi connectivity index (χ0n) is 11.8. The van der Waals surface area contributed by atoms with Gasteiger partial charge in [0.1, 0.15) is 18.3 Å². The summed E-state index contributed by atoms with van der Waals surface area (Å²) in [6.45, 7) is 1.90. The van der Waals surface area contributed by atoms with E-state index >= 15 is 0 Å². The molecule has 2 rings (SSSR count). The van der Waals surface area contributed by atoms with Crippen molar-refractivity contribution in [1.82, 2.24) is 0 Å². The molecule has 8 nitrogen and oxygen atoms in total. The number of rotatable bonds is 4. The van der Waals surface area contributed by atoms with Gasteiger partial charge in [-0.1, -0.05) is 13.0 Å². The van der Waals surface area contributed by atoms with Gasteiger partial charge in [-0.25, -0.2) is 4.79 Å². The number of phenolic OH excluding ortho intramolecular Hbond substituents is 1. The average molecular weight is 314 g/mol. The number of phenols is 1. The largest absolute Gasteiger partial charge is 0.504 e. The predicted molar refractivity (Wildman–Crippen MR) is 72.4 cm³/mol. The molecule has 0 spiro atoms. The van der Waals surface area contributed by atoms with Crippen LogP contribution in [0.15, 0.2) is 18.2 Å². The SMILES string of the molecule is CCc1ccc(OC2OC(C(=O)O)C(O)C(O)C2O)c(O)c1. The van der Waals surface area contributed by atoms with E-state index in [4.69, 9.17) is 14.6 Å². The molecule has 0 radical (unpaired) electrons. The Kier molecular flexibility index (Phi) is 4.87. The molecule has 122 valence electrons. The van der Waals surface area contributed by atoms with E-state index in [1.54, 1.807) is 6.07 Å². The first-order valence-corrected chi connectivity index (χ1v) is 6.76. The quantitative estimate of drug-likeness (QED) is 0.488. The third-order valence-corrected chi connectivity index (χ3v) is 3.49. The van der Waals surface area contributed by atoms with Crippen molar-refractivity contribution in [3.05, 3.63) is 23.8 Å². The number of benzene rings is 1. The van der Waals surface area contributed by atoms with Crippen LogP contribution in [-0.2, 0) is 16.0 Å². The lowest BCUT2D eigenvalue weighted by Crippen LogP contribution is -2.61. The van der Waals surface area contributed by atoms with Crippen molar-refractivity contribution >= 4 is 5.97 Å². The molecule has 0 bridgehead atoms. The van der Waals surface area contributed by atoms with Gasteiger partial charge in [0.2, 0.25) is 6.29 Å². The van der Waals surface area contributed by atoms with Crippen LogP contribution < -0.4 is 4.74 Å². The second-order valence-corrected chi connectivity index (χ2v) is 5.01. The third kappa shape index (κ3) is 3.14. The molecule has 5 unspecified atom stereocenters. The summed E-state index contributed by atoms with van der Waals surface area (Å²) in [5.41, 5.74) is 0.855. The Balaban J connectivity index is 2.19.